The molecule has 0 saturated heterocycles. The summed E-state index contributed by atoms with van der Waals surface area (Å²) in [5.41, 5.74) is 0.0800. The van der Waals surface area contributed by atoms with Crippen LogP contribution < -0.4 is 9.46 Å². The van der Waals surface area contributed by atoms with Crippen molar-refractivity contribution in [3.63, 3.8) is 0 Å². The van der Waals surface area contributed by atoms with Crippen molar-refractivity contribution in [2.75, 3.05) is 20.7 Å². The highest BCUT2D eigenvalue weighted by atomic mass is 32.2. The van der Waals surface area contributed by atoms with Crippen molar-refractivity contribution in [2.24, 2.45) is 0 Å². The van der Waals surface area contributed by atoms with Gasteiger partial charge in [0.1, 0.15) is 17.2 Å². The molecule has 1 aromatic rings. The molecule has 0 bridgehead atoms. The Balaban J connectivity index is 2.33. The van der Waals surface area contributed by atoms with Crippen LogP contribution >= 0.6 is 0 Å². The number of carboxylic acids is 1. The number of likely N-dealkylation sites (N-methyl/N-ethyl adjacent to an activating group) is 1. The summed E-state index contributed by atoms with van der Waals surface area (Å²) in [6.07, 6.45) is 3.51. The zero-order valence-electron chi connectivity index (χ0n) is 14.2. The van der Waals surface area contributed by atoms with Crippen LogP contribution in [0.15, 0.2) is 23.1 Å². The molecular weight excluding hydrogens is 348 g/mol. The normalized spacial score (nSPS) is 15.1. The standard InChI is InChI=1S/C16H22N2O6S/c1-18(10-15(19)20)16(21)11-7-8-13(24-2)14(9-11)25(22,23)17-12-5-3-4-6-12/h7-9,12,17H,3-6,10H2,1-2H3,(H,19,20). The second kappa shape index (κ2) is 7.83. The maximum Gasteiger partial charge on any atom is 0.323 e. The van der Waals surface area contributed by atoms with Crippen LogP contribution in [-0.4, -0.2) is 57.0 Å². The summed E-state index contributed by atoms with van der Waals surface area (Å²) in [6.45, 7) is -0.479. The molecule has 0 spiro atoms. The number of carboxylic acid groups (broad SMARTS) is 1. The number of sulfonamides is 1. The van der Waals surface area contributed by atoms with Crippen LogP contribution in [0.1, 0.15) is 36.0 Å². The average molecular weight is 370 g/mol. The van der Waals surface area contributed by atoms with E-state index in [0.29, 0.717) is 0 Å². The predicted molar refractivity (Wildman–Crippen MR) is 90.2 cm³/mol. The minimum atomic E-state index is -3.85. The van der Waals surface area contributed by atoms with Crippen molar-refractivity contribution < 1.29 is 27.9 Å². The summed E-state index contributed by atoms with van der Waals surface area (Å²) in [5, 5.41) is 8.79. The van der Waals surface area contributed by atoms with Crippen LogP contribution in [0.5, 0.6) is 5.75 Å². The molecule has 1 aliphatic carbocycles. The van der Waals surface area contributed by atoms with Crippen molar-refractivity contribution in [1.29, 1.82) is 0 Å². The van der Waals surface area contributed by atoms with E-state index in [1.54, 1.807) is 0 Å². The smallest absolute Gasteiger partial charge is 0.323 e. The summed E-state index contributed by atoms with van der Waals surface area (Å²) in [6, 6.07) is 3.90. The van der Waals surface area contributed by atoms with E-state index in [1.165, 1.54) is 32.4 Å². The van der Waals surface area contributed by atoms with Crippen molar-refractivity contribution in [3.05, 3.63) is 23.8 Å². The first-order chi connectivity index (χ1) is 11.7. The number of carbonyl (C=O) groups is 2. The zero-order valence-corrected chi connectivity index (χ0v) is 15.0. The lowest BCUT2D eigenvalue weighted by atomic mass is 10.2. The topological polar surface area (TPSA) is 113 Å². The molecule has 1 saturated carbocycles. The molecule has 0 atom stereocenters. The molecule has 1 fully saturated rings. The van der Waals surface area contributed by atoms with Gasteiger partial charge in [-0.15, -0.1) is 0 Å². The maximum absolute atomic E-state index is 12.7. The molecule has 1 aromatic carbocycles. The van der Waals surface area contributed by atoms with Gasteiger partial charge in [0.15, 0.2) is 0 Å². The number of hydrogen-bond acceptors (Lipinski definition) is 5. The molecule has 0 unspecified atom stereocenters. The number of rotatable bonds is 7. The van der Waals surface area contributed by atoms with Crippen LogP contribution in [0.25, 0.3) is 0 Å². The Morgan fingerprint density at radius 3 is 2.52 bits per heavy atom. The van der Waals surface area contributed by atoms with Gasteiger partial charge < -0.3 is 14.7 Å². The summed E-state index contributed by atoms with van der Waals surface area (Å²) >= 11 is 0. The van der Waals surface area contributed by atoms with Gasteiger partial charge in [0.2, 0.25) is 10.0 Å². The minimum Gasteiger partial charge on any atom is -0.495 e. The largest absolute Gasteiger partial charge is 0.495 e. The van der Waals surface area contributed by atoms with Gasteiger partial charge in [-0.1, -0.05) is 12.8 Å². The molecule has 8 nitrogen and oxygen atoms in total. The van der Waals surface area contributed by atoms with E-state index < -0.39 is 28.4 Å². The third kappa shape index (κ3) is 4.70. The molecule has 138 valence electrons. The van der Waals surface area contributed by atoms with Gasteiger partial charge in [-0.2, -0.15) is 0 Å². The number of nitrogens with zero attached hydrogens (tertiary/aromatic N) is 1. The van der Waals surface area contributed by atoms with Gasteiger partial charge in [0.05, 0.1) is 7.11 Å². The van der Waals surface area contributed by atoms with Crippen molar-refractivity contribution in [2.45, 2.75) is 36.6 Å². The van der Waals surface area contributed by atoms with Gasteiger partial charge in [-0.25, -0.2) is 13.1 Å². The van der Waals surface area contributed by atoms with Crippen molar-refractivity contribution in [1.82, 2.24) is 9.62 Å². The summed E-state index contributed by atoms with van der Waals surface area (Å²) in [5.74, 6) is -1.61. The average Bonchev–Trinajstić information content (AvgIpc) is 3.05. The lowest BCUT2D eigenvalue weighted by molar-refractivity contribution is -0.137. The van der Waals surface area contributed by atoms with Gasteiger partial charge in [0, 0.05) is 18.7 Å². The van der Waals surface area contributed by atoms with E-state index >= 15 is 0 Å². The number of amides is 1. The number of benzene rings is 1. The Labute approximate surface area is 146 Å². The first-order valence-electron chi connectivity index (χ1n) is 7.92. The quantitative estimate of drug-likeness (QED) is 0.742. The number of nitrogens with one attached hydrogen (secondary N) is 1. The molecule has 1 aliphatic rings. The molecule has 9 heteroatoms. The molecule has 0 heterocycles. The van der Waals surface area contributed by atoms with E-state index in [2.05, 4.69) is 4.72 Å². The van der Waals surface area contributed by atoms with Crippen LogP contribution in [0.4, 0.5) is 0 Å². The fourth-order valence-electron chi connectivity index (χ4n) is 2.84. The van der Waals surface area contributed by atoms with E-state index in [0.717, 1.165) is 30.6 Å². The second-order valence-electron chi connectivity index (χ2n) is 6.02. The molecule has 2 rings (SSSR count). The third-order valence-corrected chi connectivity index (χ3v) is 5.64. The first kappa shape index (κ1) is 19.2. The summed E-state index contributed by atoms with van der Waals surface area (Å²) in [7, 11) is -1.17. The van der Waals surface area contributed by atoms with Gasteiger partial charge in [-0.05, 0) is 31.0 Å². The molecular formula is C16H22N2O6S. The monoisotopic (exact) mass is 370 g/mol. The fourth-order valence-corrected chi connectivity index (χ4v) is 4.34. The Hall–Kier alpha value is -2.13. The van der Waals surface area contributed by atoms with Crippen molar-refractivity contribution >= 4 is 21.9 Å². The minimum absolute atomic E-state index is 0.0800. The Bertz CT molecular complexity index is 756. The SMILES string of the molecule is COc1ccc(C(=O)N(C)CC(=O)O)cc1S(=O)(=O)NC1CCCC1. The Morgan fingerprint density at radius 1 is 1.32 bits per heavy atom. The van der Waals surface area contributed by atoms with Crippen molar-refractivity contribution in [3.8, 4) is 5.75 Å². The van der Waals surface area contributed by atoms with E-state index in [1.807, 2.05) is 0 Å². The van der Waals surface area contributed by atoms with Crippen LogP contribution in [-0.2, 0) is 14.8 Å². The summed E-state index contributed by atoms with van der Waals surface area (Å²) < 4.78 is 33.1. The highest BCUT2D eigenvalue weighted by molar-refractivity contribution is 7.89. The number of aliphatic carboxylic acids is 1. The van der Waals surface area contributed by atoms with Gasteiger partial charge in [-0.3, -0.25) is 9.59 Å². The third-order valence-electron chi connectivity index (χ3n) is 4.10. The van der Waals surface area contributed by atoms with Crippen LogP contribution in [0.3, 0.4) is 0 Å². The highest BCUT2D eigenvalue weighted by Gasteiger charge is 2.27. The number of carbonyl (C=O) groups excluding carboxylic acids is 1. The second-order valence-corrected chi connectivity index (χ2v) is 7.71. The number of hydrogen-bond donors (Lipinski definition) is 2. The molecule has 25 heavy (non-hydrogen) atoms. The molecule has 0 radical (unpaired) electrons. The maximum atomic E-state index is 12.7. The van der Waals surface area contributed by atoms with E-state index in [-0.39, 0.29) is 22.3 Å². The predicted octanol–water partition coefficient (Wildman–Crippen LogP) is 1.07. The molecule has 2 N–H and O–H groups in total. The lowest BCUT2D eigenvalue weighted by Crippen LogP contribution is -2.34. The lowest BCUT2D eigenvalue weighted by Gasteiger charge is -2.18. The van der Waals surface area contributed by atoms with Gasteiger partial charge >= 0.3 is 5.97 Å². The van der Waals surface area contributed by atoms with E-state index in [9.17, 15) is 18.0 Å². The molecule has 0 aromatic heterocycles. The number of ether oxygens (including phenoxy) is 1. The number of methoxy groups -OCH3 is 1. The van der Waals surface area contributed by atoms with E-state index in [4.69, 9.17) is 9.84 Å². The Morgan fingerprint density at radius 2 is 1.96 bits per heavy atom. The van der Waals surface area contributed by atoms with Gasteiger partial charge in [0.25, 0.3) is 5.91 Å². The summed E-state index contributed by atoms with van der Waals surface area (Å²) in [4.78, 5) is 23.9. The molecule has 1 amide bonds. The fraction of sp³-hybridized carbons (Fsp3) is 0.500. The highest BCUT2D eigenvalue weighted by Crippen LogP contribution is 2.27. The molecule has 0 aliphatic heterocycles. The zero-order chi connectivity index (χ0) is 18.6. The Kier molecular flexibility index (Phi) is 6.02. The first-order valence-corrected chi connectivity index (χ1v) is 9.40. The van der Waals surface area contributed by atoms with Crippen LogP contribution in [0.2, 0.25) is 0 Å². The van der Waals surface area contributed by atoms with Crippen LogP contribution in [0, 0.1) is 0 Å².